The van der Waals surface area contributed by atoms with E-state index in [9.17, 15) is 4.79 Å². The maximum atomic E-state index is 12.9. The van der Waals surface area contributed by atoms with Crippen LogP contribution < -0.4 is 14.8 Å². The minimum Gasteiger partial charge on any atom is -0.493 e. The number of nitrogens with zero attached hydrogens (tertiary/aromatic N) is 4. The summed E-state index contributed by atoms with van der Waals surface area (Å²) in [6.45, 7) is 4.58. The zero-order valence-electron chi connectivity index (χ0n) is 17.6. The monoisotopic (exact) mass is 441 g/mol. The molecule has 1 aliphatic rings. The normalized spacial score (nSPS) is 13.3. The molecule has 0 unspecified atom stereocenters. The van der Waals surface area contributed by atoms with E-state index < -0.39 is 0 Å². The van der Waals surface area contributed by atoms with Crippen molar-refractivity contribution in [3.63, 3.8) is 0 Å². The van der Waals surface area contributed by atoms with Crippen LogP contribution in [0.1, 0.15) is 43.1 Å². The Balaban J connectivity index is 1.54. The van der Waals surface area contributed by atoms with Gasteiger partial charge < -0.3 is 14.8 Å². The second-order valence-corrected chi connectivity index (χ2v) is 8.31. The molecule has 3 aromatic rings. The predicted octanol–water partition coefficient (Wildman–Crippen LogP) is 4.62. The number of benzene rings is 2. The molecule has 0 atom stereocenters. The summed E-state index contributed by atoms with van der Waals surface area (Å²) in [4.78, 5) is 12.9. The van der Waals surface area contributed by atoms with E-state index in [1.807, 2.05) is 42.8 Å². The molecule has 1 fully saturated rings. The van der Waals surface area contributed by atoms with Crippen LogP contribution in [0.2, 0.25) is 5.02 Å². The van der Waals surface area contributed by atoms with E-state index in [0.29, 0.717) is 52.2 Å². The molecule has 1 heterocycles. The number of amides is 1. The third-order valence-electron chi connectivity index (χ3n) is 4.82. The molecule has 2 aromatic carbocycles. The van der Waals surface area contributed by atoms with Crippen LogP contribution in [0.4, 0.5) is 5.69 Å². The molecular weight excluding hydrogens is 418 g/mol. The van der Waals surface area contributed by atoms with E-state index in [1.54, 1.807) is 12.1 Å². The molecule has 1 amide bonds. The van der Waals surface area contributed by atoms with Crippen LogP contribution in [0.3, 0.4) is 0 Å². The van der Waals surface area contributed by atoms with Crippen molar-refractivity contribution in [3.8, 4) is 22.9 Å². The van der Waals surface area contributed by atoms with Crippen LogP contribution in [-0.4, -0.2) is 39.8 Å². The van der Waals surface area contributed by atoms with Crippen LogP contribution in [-0.2, 0) is 0 Å². The van der Waals surface area contributed by atoms with Crippen LogP contribution in [0, 0.1) is 5.92 Å². The molecule has 1 aromatic heterocycles. The number of hydrogen-bond donors (Lipinski definition) is 1. The predicted molar refractivity (Wildman–Crippen MR) is 118 cm³/mol. The number of rotatable bonds is 8. The van der Waals surface area contributed by atoms with Crippen molar-refractivity contribution in [2.45, 2.75) is 32.7 Å². The van der Waals surface area contributed by atoms with Crippen molar-refractivity contribution < 1.29 is 14.3 Å². The molecular formula is C22H24ClN5O3. The second-order valence-electron chi connectivity index (χ2n) is 7.91. The largest absolute Gasteiger partial charge is 0.493 e. The van der Waals surface area contributed by atoms with Gasteiger partial charge in [0.15, 0.2) is 17.3 Å². The fraction of sp³-hybridized carbons (Fsp3) is 0.364. The SMILES string of the molecule is COc1cc(C(=O)Nc2cccc(-c3nnnn3C3CC3)c2)cc(Cl)c1OCC(C)C. The second kappa shape index (κ2) is 8.93. The minimum atomic E-state index is -0.311. The summed E-state index contributed by atoms with van der Waals surface area (Å²) in [5.74, 6) is 1.56. The van der Waals surface area contributed by atoms with Gasteiger partial charge in [-0.15, -0.1) is 5.10 Å². The quantitative estimate of drug-likeness (QED) is 0.548. The number of anilines is 1. The molecule has 9 heteroatoms. The number of carbonyl (C=O) groups is 1. The highest BCUT2D eigenvalue weighted by atomic mass is 35.5. The third-order valence-corrected chi connectivity index (χ3v) is 5.10. The van der Waals surface area contributed by atoms with Crippen molar-refractivity contribution in [3.05, 3.63) is 47.0 Å². The van der Waals surface area contributed by atoms with Gasteiger partial charge >= 0.3 is 0 Å². The molecule has 1 aliphatic carbocycles. The smallest absolute Gasteiger partial charge is 0.255 e. The van der Waals surface area contributed by atoms with E-state index in [-0.39, 0.29) is 5.91 Å². The third kappa shape index (κ3) is 4.80. The standard InChI is InChI=1S/C22H24ClN5O3/c1-13(2)12-31-20-18(23)10-15(11-19(20)30-3)22(29)24-16-6-4-5-14(9-16)21-25-26-27-28(21)17-7-8-17/h4-6,9-11,13,17H,7-8,12H2,1-3H3,(H,24,29). The first-order valence-corrected chi connectivity index (χ1v) is 10.5. The van der Waals surface area contributed by atoms with Gasteiger partial charge in [0.2, 0.25) is 0 Å². The maximum Gasteiger partial charge on any atom is 0.255 e. The highest BCUT2D eigenvalue weighted by Crippen LogP contribution is 2.38. The van der Waals surface area contributed by atoms with Crippen molar-refractivity contribution >= 4 is 23.2 Å². The fourth-order valence-corrected chi connectivity index (χ4v) is 3.39. The van der Waals surface area contributed by atoms with E-state index in [1.165, 1.54) is 7.11 Å². The van der Waals surface area contributed by atoms with Gasteiger partial charge in [-0.25, -0.2) is 4.68 Å². The number of hydrogen-bond acceptors (Lipinski definition) is 6. The average molecular weight is 442 g/mol. The highest BCUT2D eigenvalue weighted by Gasteiger charge is 2.28. The number of carbonyl (C=O) groups excluding carboxylic acids is 1. The van der Waals surface area contributed by atoms with Crippen LogP contribution >= 0.6 is 11.6 Å². The number of tetrazole rings is 1. The Morgan fingerprint density at radius 2 is 2.10 bits per heavy atom. The summed E-state index contributed by atoms with van der Waals surface area (Å²) in [6.07, 6.45) is 2.15. The van der Waals surface area contributed by atoms with Crippen LogP contribution in [0.15, 0.2) is 36.4 Å². The summed E-state index contributed by atoms with van der Waals surface area (Å²) in [6, 6.07) is 11.0. The zero-order valence-corrected chi connectivity index (χ0v) is 18.4. The number of halogens is 1. The molecule has 162 valence electrons. The van der Waals surface area contributed by atoms with Gasteiger partial charge in [0.1, 0.15) is 0 Å². The van der Waals surface area contributed by atoms with Gasteiger partial charge in [-0.3, -0.25) is 4.79 Å². The highest BCUT2D eigenvalue weighted by molar-refractivity contribution is 6.32. The maximum absolute atomic E-state index is 12.9. The Morgan fingerprint density at radius 3 is 2.81 bits per heavy atom. The lowest BCUT2D eigenvalue weighted by Gasteiger charge is -2.15. The molecule has 0 saturated heterocycles. The lowest BCUT2D eigenvalue weighted by Crippen LogP contribution is -2.13. The Hall–Kier alpha value is -3.13. The summed E-state index contributed by atoms with van der Waals surface area (Å²) in [7, 11) is 1.52. The minimum absolute atomic E-state index is 0.311. The molecule has 1 saturated carbocycles. The molecule has 8 nitrogen and oxygen atoms in total. The average Bonchev–Trinajstić information content (AvgIpc) is 3.48. The first-order valence-electron chi connectivity index (χ1n) is 10.2. The molecule has 0 spiro atoms. The Kier molecular flexibility index (Phi) is 6.08. The lowest BCUT2D eigenvalue weighted by molar-refractivity contribution is 0.102. The van der Waals surface area contributed by atoms with Gasteiger partial charge in [-0.2, -0.15) is 0 Å². The van der Waals surface area contributed by atoms with E-state index in [0.717, 1.165) is 18.4 Å². The first-order chi connectivity index (χ1) is 15.0. The molecule has 1 N–H and O–H groups in total. The van der Waals surface area contributed by atoms with Gasteiger partial charge in [0.05, 0.1) is 24.8 Å². The molecule has 0 bridgehead atoms. The van der Waals surface area contributed by atoms with Gasteiger partial charge in [0.25, 0.3) is 5.91 Å². The molecule has 0 radical (unpaired) electrons. The lowest BCUT2D eigenvalue weighted by atomic mass is 10.1. The Bertz CT molecular complexity index is 1090. The fourth-order valence-electron chi connectivity index (χ4n) is 3.13. The van der Waals surface area contributed by atoms with Crippen molar-refractivity contribution in [2.24, 2.45) is 5.92 Å². The van der Waals surface area contributed by atoms with Crippen LogP contribution in [0.25, 0.3) is 11.4 Å². The summed E-state index contributed by atoms with van der Waals surface area (Å²) >= 11 is 6.38. The van der Waals surface area contributed by atoms with Gasteiger partial charge in [-0.05, 0) is 53.5 Å². The van der Waals surface area contributed by atoms with E-state index in [2.05, 4.69) is 20.8 Å². The van der Waals surface area contributed by atoms with Crippen molar-refractivity contribution in [2.75, 3.05) is 19.0 Å². The molecule has 0 aliphatic heterocycles. The zero-order chi connectivity index (χ0) is 22.0. The molecule has 4 rings (SSSR count). The first kappa shape index (κ1) is 21.1. The van der Waals surface area contributed by atoms with Gasteiger partial charge in [-0.1, -0.05) is 37.6 Å². The van der Waals surface area contributed by atoms with E-state index >= 15 is 0 Å². The van der Waals surface area contributed by atoms with Crippen molar-refractivity contribution in [1.82, 2.24) is 20.2 Å². The number of methoxy groups -OCH3 is 1. The summed E-state index contributed by atoms with van der Waals surface area (Å²) < 4.78 is 13.0. The topological polar surface area (TPSA) is 91.2 Å². The summed E-state index contributed by atoms with van der Waals surface area (Å²) in [5, 5.41) is 15.2. The summed E-state index contributed by atoms with van der Waals surface area (Å²) in [5.41, 5.74) is 1.83. The van der Waals surface area contributed by atoms with Crippen molar-refractivity contribution in [1.29, 1.82) is 0 Å². The Morgan fingerprint density at radius 1 is 1.29 bits per heavy atom. The van der Waals surface area contributed by atoms with Crippen LogP contribution in [0.5, 0.6) is 11.5 Å². The number of aromatic nitrogens is 4. The number of ether oxygens (including phenoxy) is 2. The number of nitrogens with one attached hydrogen (secondary N) is 1. The van der Waals surface area contributed by atoms with E-state index in [4.69, 9.17) is 21.1 Å². The van der Waals surface area contributed by atoms with Gasteiger partial charge in [0, 0.05) is 16.8 Å². The molecule has 31 heavy (non-hydrogen) atoms. The Labute approximate surface area is 185 Å².